The van der Waals surface area contributed by atoms with Crippen molar-refractivity contribution in [3.8, 4) is 89.0 Å². The van der Waals surface area contributed by atoms with E-state index in [1.165, 1.54) is 111 Å². The summed E-state index contributed by atoms with van der Waals surface area (Å²) in [5.74, 6) is 0. The number of hydrogen-bond donors (Lipinski definition) is 0. The highest BCUT2D eigenvalue weighted by Crippen LogP contribution is 2.65. The highest BCUT2D eigenvalue weighted by molar-refractivity contribution is 5.99. The van der Waals surface area contributed by atoms with Crippen molar-refractivity contribution in [2.75, 3.05) is 9.80 Å². The second kappa shape index (κ2) is 21.2. The Balaban J connectivity index is 0.668. The Hall–Kier alpha value is -12.1. The van der Waals surface area contributed by atoms with Gasteiger partial charge in [0.25, 0.3) is 0 Å². The molecular weight excluding hydrogens is 1130 g/mol. The molecule has 4 aliphatic rings. The van der Waals surface area contributed by atoms with Crippen LogP contribution >= 0.6 is 0 Å². The van der Waals surface area contributed by atoms with Gasteiger partial charge in [-0.3, -0.25) is 0 Å². The smallest absolute Gasteiger partial charge is 0.0726 e. The molecule has 4 aliphatic carbocycles. The SMILES string of the molecule is c1ccc(-c2ccc(N(c3ccc(-c4ccc(-c5ccc(N(c6ccc(-c7ccccc7)cc6)c6ccc7c(c6)C6(c8ccccc8-c8ccccc86)c6ccccc6-7)cc5)cc4)cc3)c3ccc4c(c3)C3(c5ccccc5-c5ccccc53)c3ccccc3-4)cc2)cc1. The van der Waals surface area contributed by atoms with Gasteiger partial charge < -0.3 is 9.80 Å². The molecule has 0 radical (unpaired) electrons. The number of fused-ring (bicyclic) bond motifs is 20. The molecule has 0 saturated heterocycles. The lowest BCUT2D eigenvalue weighted by molar-refractivity contribution is 0.793. The molecule has 0 saturated carbocycles. The highest BCUT2D eigenvalue weighted by Gasteiger charge is 2.53. The van der Waals surface area contributed by atoms with E-state index < -0.39 is 10.8 Å². The molecule has 94 heavy (non-hydrogen) atoms. The van der Waals surface area contributed by atoms with Gasteiger partial charge in [-0.2, -0.15) is 0 Å². The summed E-state index contributed by atoms with van der Waals surface area (Å²) in [6.07, 6.45) is 0. The van der Waals surface area contributed by atoms with E-state index in [4.69, 9.17) is 0 Å². The second-order valence-corrected chi connectivity index (χ2v) is 25.4. The molecule has 15 aromatic carbocycles. The predicted molar refractivity (Wildman–Crippen MR) is 390 cm³/mol. The van der Waals surface area contributed by atoms with Gasteiger partial charge in [0.1, 0.15) is 0 Å². The van der Waals surface area contributed by atoms with Crippen molar-refractivity contribution in [1.29, 1.82) is 0 Å². The minimum Gasteiger partial charge on any atom is -0.310 e. The minimum absolute atomic E-state index is 0.454. The Morgan fingerprint density at radius 1 is 0.138 bits per heavy atom. The zero-order chi connectivity index (χ0) is 61.9. The van der Waals surface area contributed by atoms with E-state index in [1.54, 1.807) is 0 Å². The molecule has 0 heterocycles. The third-order valence-electron chi connectivity index (χ3n) is 20.7. The first kappa shape index (κ1) is 53.7. The molecule has 0 bridgehead atoms. The average molecular weight is 1190 g/mol. The normalized spacial score (nSPS) is 13.3. The standard InChI is InChI=1S/C92H60N2/c1-3-19-61(20-4-1)65-39-47-69(48-40-65)93(73-55-57-81-79-27-11-17-33-87(79)91(89(81)59-73)83-29-13-7-23-75(83)76-24-8-14-30-84(76)91)71-51-43-67(44-52-71)63-35-37-64(38-36-63)68-45-53-72(54-46-68)94(70-49-41-66(42-50-70)62-21-5-2-6-22-62)74-56-58-82-80-28-12-18-34-88(80)92(90(82)60-74)85-31-15-9-25-77(85)78-26-10-16-32-86(78)92/h1-60H. The van der Waals surface area contributed by atoms with Crippen molar-refractivity contribution in [3.05, 3.63) is 408 Å². The molecule has 0 aromatic heterocycles. The molecule has 2 spiro atoms. The molecule has 0 N–H and O–H groups in total. The lowest BCUT2D eigenvalue weighted by Crippen LogP contribution is -2.26. The third kappa shape index (κ3) is 7.96. The molecule has 438 valence electrons. The van der Waals surface area contributed by atoms with Crippen LogP contribution < -0.4 is 9.80 Å². The number of rotatable bonds is 10. The van der Waals surface area contributed by atoms with Crippen molar-refractivity contribution in [2.45, 2.75) is 10.8 Å². The summed E-state index contributed by atoms with van der Waals surface area (Å²) in [6.45, 7) is 0. The van der Waals surface area contributed by atoms with E-state index in [0.717, 1.165) is 56.4 Å². The van der Waals surface area contributed by atoms with Crippen molar-refractivity contribution in [2.24, 2.45) is 0 Å². The van der Waals surface area contributed by atoms with E-state index in [9.17, 15) is 0 Å². The summed E-state index contributed by atoms with van der Waals surface area (Å²) in [4.78, 5) is 4.87. The average Bonchev–Trinajstić information content (AvgIpc) is 1.53. The maximum Gasteiger partial charge on any atom is 0.0726 e. The quantitative estimate of drug-likeness (QED) is 0.135. The van der Waals surface area contributed by atoms with Crippen molar-refractivity contribution < 1.29 is 0 Å². The number of benzene rings is 15. The third-order valence-corrected chi connectivity index (χ3v) is 20.7. The molecule has 15 aromatic rings. The van der Waals surface area contributed by atoms with Crippen LogP contribution in [0.4, 0.5) is 34.1 Å². The van der Waals surface area contributed by atoms with Gasteiger partial charge in [-0.25, -0.2) is 0 Å². The van der Waals surface area contributed by atoms with E-state index in [-0.39, 0.29) is 0 Å². The van der Waals surface area contributed by atoms with Gasteiger partial charge >= 0.3 is 0 Å². The van der Waals surface area contributed by atoms with Crippen molar-refractivity contribution in [3.63, 3.8) is 0 Å². The van der Waals surface area contributed by atoms with Crippen LogP contribution in [0.5, 0.6) is 0 Å². The Morgan fingerprint density at radius 3 is 0.564 bits per heavy atom. The van der Waals surface area contributed by atoms with E-state index >= 15 is 0 Å². The Labute approximate surface area is 548 Å². The van der Waals surface area contributed by atoms with Crippen LogP contribution in [0, 0.1) is 0 Å². The molecule has 0 amide bonds. The summed E-state index contributed by atoms with van der Waals surface area (Å²) >= 11 is 0. The first-order chi connectivity index (χ1) is 46.6. The molecule has 0 aliphatic heterocycles. The predicted octanol–water partition coefficient (Wildman–Crippen LogP) is 24.0. The van der Waals surface area contributed by atoms with Crippen LogP contribution in [0.3, 0.4) is 0 Å². The molecule has 2 heteroatoms. The van der Waals surface area contributed by atoms with Crippen LogP contribution in [0.15, 0.2) is 364 Å². The maximum absolute atomic E-state index is 2.48. The zero-order valence-electron chi connectivity index (χ0n) is 51.5. The summed E-state index contributed by atoms with van der Waals surface area (Å²) in [6, 6.07) is 136. The Bertz CT molecular complexity index is 4990. The van der Waals surface area contributed by atoms with Crippen molar-refractivity contribution in [1.82, 2.24) is 0 Å². The van der Waals surface area contributed by atoms with Gasteiger partial charge in [-0.1, -0.05) is 291 Å². The Morgan fingerprint density at radius 2 is 0.319 bits per heavy atom. The van der Waals surface area contributed by atoms with Gasteiger partial charge in [-0.15, -0.1) is 0 Å². The van der Waals surface area contributed by atoms with E-state index in [0.29, 0.717) is 0 Å². The van der Waals surface area contributed by atoms with E-state index in [1.807, 2.05) is 0 Å². The lowest BCUT2D eigenvalue weighted by Gasteiger charge is -2.32. The molecule has 0 fully saturated rings. The van der Waals surface area contributed by atoms with Crippen LogP contribution in [-0.2, 0) is 10.8 Å². The van der Waals surface area contributed by atoms with Gasteiger partial charge in [0.05, 0.1) is 10.8 Å². The topological polar surface area (TPSA) is 6.48 Å². The van der Waals surface area contributed by atoms with Gasteiger partial charge in [-0.05, 0) is 206 Å². The molecule has 0 unspecified atom stereocenters. The molecule has 19 rings (SSSR count). The Kier molecular flexibility index (Phi) is 12.1. The summed E-state index contributed by atoms with van der Waals surface area (Å²) in [7, 11) is 0. The number of anilines is 6. The highest BCUT2D eigenvalue weighted by atomic mass is 15.1. The van der Waals surface area contributed by atoms with Gasteiger partial charge in [0.2, 0.25) is 0 Å². The van der Waals surface area contributed by atoms with Gasteiger partial charge in [0.15, 0.2) is 0 Å². The summed E-state index contributed by atoms with van der Waals surface area (Å²) in [5.41, 5.74) is 36.1. The fourth-order valence-electron chi connectivity index (χ4n) is 16.7. The summed E-state index contributed by atoms with van der Waals surface area (Å²) < 4.78 is 0. The molecular formula is C92H60N2. The first-order valence-electron chi connectivity index (χ1n) is 32.7. The van der Waals surface area contributed by atoms with Crippen LogP contribution in [0.1, 0.15) is 44.5 Å². The molecule has 2 nitrogen and oxygen atoms in total. The first-order valence-corrected chi connectivity index (χ1v) is 32.7. The van der Waals surface area contributed by atoms with Crippen LogP contribution in [0.25, 0.3) is 89.0 Å². The second-order valence-electron chi connectivity index (χ2n) is 25.4. The minimum atomic E-state index is -0.454. The van der Waals surface area contributed by atoms with Crippen molar-refractivity contribution >= 4 is 34.1 Å². The van der Waals surface area contributed by atoms with Crippen LogP contribution in [-0.4, -0.2) is 0 Å². The number of hydrogen-bond acceptors (Lipinski definition) is 2. The fourth-order valence-corrected chi connectivity index (χ4v) is 16.7. The fraction of sp³-hybridized carbons (Fsp3) is 0.0217. The monoisotopic (exact) mass is 1190 g/mol. The molecule has 0 atom stereocenters. The maximum atomic E-state index is 2.48. The zero-order valence-corrected chi connectivity index (χ0v) is 51.5. The lowest BCUT2D eigenvalue weighted by atomic mass is 9.70. The summed E-state index contributed by atoms with van der Waals surface area (Å²) in [5, 5.41) is 0. The number of nitrogens with zero attached hydrogens (tertiary/aromatic N) is 2. The van der Waals surface area contributed by atoms with Crippen LogP contribution in [0.2, 0.25) is 0 Å². The largest absolute Gasteiger partial charge is 0.310 e. The van der Waals surface area contributed by atoms with E-state index in [2.05, 4.69) is 374 Å². The van der Waals surface area contributed by atoms with Gasteiger partial charge in [0, 0.05) is 34.1 Å².